The van der Waals surface area contributed by atoms with Gasteiger partial charge in [0.25, 0.3) is 0 Å². The third kappa shape index (κ3) is 7.98. The summed E-state index contributed by atoms with van der Waals surface area (Å²) in [5, 5.41) is 0. The largest absolute Gasteiger partial charge is 0.464 e. The van der Waals surface area contributed by atoms with E-state index in [1.165, 1.54) is 14.2 Å². The van der Waals surface area contributed by atoms with E-state index >= 15 is 0 Å². The number of methoxy groups -OCH3 is 1. The fourth-order valence-electron chi connectivity index (χ4n) is 2.49. The standard InChI is InChI=1S/C18H26N4O4.C2H6.CH5N/c1-18(2,3)26-17(24)22-9-7-12(8-10-22)13-11-19-15(21(4)5)14(20-13)16(23)25-6;2*1-2/h7,11H,8-10H2,1-6H3;1-2H3;2H2,1H3. The van der Waals surface area contributed by atoms with Crippen molar-refractivity contribution in [1.82, 2.24) is 14.9 Å². The molecule has 1 aliphatic rings. The Morgan fingerprint density at radius 1 is 1.20 bits per heavy atom. The summed E-state index contributed by atoms with van der Waals surface area (Å²) in [5.74, 6) is -0.0813. The highest BCUT2D eigenvalue weighted by Gasteiger charge is 2.25. The van der Waals surface area contributed by atoms with Crippen molar-refractivity contribution in [3.05, 3.63) is 23.7 Å². The maximum Gasteiger partial charge on any atom is 0.410 e. The number of esters is 1. The summed E-state index contributed by atoms with van der Waals surface area (Å²) in [6.45, 7) is 10.5. The van der Waals surface area contributed by atoms with Gasteiger partial charge in [-0.2, -0.15) is 0 Å². The van der Waals surface area contributed by atoms with Crippen LogP contribution < -0.4 is 10.6 Å². The van der Waals surface area contributed by atoms with Crippen LogP contribution in [-0.2, 0) is 9.47 Å². The molecule has 0 fully saturated rings. The summed E-state index contributed by atoms with van der Waals surface area (Å²) in [5.41, 5.74) is 5.70. The van der Waals surface area contributed by atoms with E-state index in [9.17, 15) is 9.59 Å². The Hall–Kier alpha value is -2.68. The molecule has 0 aromatic carbocycles. The van der Waals surface area contributed by atoms with Crippen LogP contribution in [0.25, 0.3) is 5.57 Å². The smallest absolute Gasteiger partial charge is 0.410 e. The second-order valence-electron chi connectivity index (χ2n) is 7.22. The summed E-state index contributed by atoms with van der Waals surface area (Å²) in [4.78, 5) is 36.3. The number of hydrogen-bond acceptors (Lipinski definition) is 8. The molecular weight excluding hydrogens is 386 g/mol. The third-order valence-corrected chi connectivity index (χ3v) is 3.75. The average Bonchev–Trinajstić information content (AvgIpc) is 2.74. The molecule has 1 aromatic rings. The van der Waals surface area contributed by atoms with E-state index in [0.717, 1.165) is 5.57 Å². The van der Waals surface area contributed by atoms with Crippen LogP contribution in [0, 0.1) is 0 Å². The lowest BCUT2D eigenvalue weighted by Crippen LogP contribution is -2.39. The SMILES string of the molecule is CC.CN.COC(=O)c1nc(C2=CCN(C(=O)OC(C)(C)C)CC2)cnc1N(C)C. The maximum absolute atomic E-state index is 12.1. The number of aromatic nitrogens is 2. The molecule has 9 nitrogen and oxygen atoms in total. The first-order chi connectivity index (χ1) is 14.1. The minimum atomic E-state index is -0.533. The Labute approximate surface area is 180 Å². The predicted octanol–water partition coefficient (Wildman–Crippen LogP) is 2.95. The van der Waals surface area contributed by atoms with E-state index in [0.29, 0.717) is 31.0 Å². The van der Waals surface area contributed by atoms with Crippen molar-refractivity contribution < 1.29 is 19.1 Å². The summed E-state index contributed by atoms with van der Waals surface area (Å²) in [6, 6.07) is 0. The van der Waals surface area contributed by atoms with E-state index in [4.69, 9.17) is 9.47 Å². The average molecular weight is 424 g/mol. The fourth-order valence-corrected chi connectivity index (χ4v) is 2.49. The molecule has 0 unspecified atom stereocenters. The Bertz CT molecular complexity index is 727. The van der Waals surface area contributed by atoms with Crippen molar-refractivity contribution in [1.29, 1.82) is 0 Å². The molecule has 0 spiro atoms. The molecular formula is C21H37N5O4. The Balaban J connectivity index is 0.00000198. The monoisotopic (exact) mass is 423 g/mol. The molecule has 1 amide bonds. The number of carbonyl (C=O) groups excluding carboxylic acids is 2. The van der Waals surface area contributed by atoms with E-state index < -0.39 is 11.6 Å². The number of rotatable bonds is 3. The Morgan fingerprint density at radius 3 is 2.23 bits per heavy atom. The molecule has 9 heteroatoms. The minimum Gasteiger partial charge on any atom is -0.464 e. The predicted molar refractivity (Wildman–Crippen MR) is 120 cm³/mol. The van der Waals surface area contributed by atoms with Gasteiger partial charge in [0.1, 0.15) is 5.60 Å². The molecule has 0 saturated carbocycles. The van der Waals surface area contributed by atoms with Crippen molar-refractivity contribution in [2.45, 2.75) is 46.6 Å². The molecule has 0 aliphatic carbocycles. The summed E-state index contributed by atoms with van der Waals surface area (Å²) in [7, 11) is 6.39. The van der Waals surface area contributed by atoms with Gasteiger partial charge in [-0.3, -0.25) is 0 Å². The van der Waals surface area contributed by atoms with Gasteiger partial charge in [-0.1, -0.05) is 19.9 Å². The van der Waals surface area contributed by atoms with Crippen LogP contribution in [0.15, 0.2) is 12.3 Å². The topological polar surface area (TPSA) is 111 Å². The highest BCUT2D eigenvalue weighted by molar-refractivity contribution is 5.93. The summed E-state index contributed by atoms with van der Waals surface area (Å²) < 4.78 is 10.2. The lowest BCUT2D eigenvalue weighted by Gasteiger charge is -2.29. The zero-order chi connectivity index (χ0) is 23.5. The lowest BCUT2D eigenvalue weighted by molar-refractivity contribution is 0.0270. The van der Waals surface area contributed by atoms with Crippen molar-refractivity contribution in [3.8, 4) is 0 Å². The van der Waals surface area contributed by atoms with Crippen molar-refractivity contribution in [2.24, 2.45) is 5.73 Å². The number of nitrogens with zero attached hydrogens (tertiary/aromatic N) is 4. The number of nitrogens with two attached hydrogens (primary N) is 1. The fraction of sp³-hybridized carbons (Fsp3) is 0.619. The molecule has 1 aromatic heterocycles. The van der Waals surface area contributed by atoms with Gasteiger partial charge in [0, 0.05) is 27.2 Å². The second kappa shape index (κ2) is 12.8. The molecule has 170 valence electrons. The normalized spacial score (nSPS) is 13.0. The number of ether oxygens (including phenoxy) is 2. The maximum atomic E-state index is 12.1. The molecule has 30 heavy (non-hydrogen) atoms. The molecule has 0 radical (unpaired) electrons. The zero-order valence-corrected chi connectivity index (χ0v) is 19.8. The van der Waals surface area contributed by atoms with Gasteiger partial charge in [0.15, 0.2) is 11.5 Å². The second-order valence-corrected chi connectivity index (χ2v) is 7.22. The molecule has 2 rings (SSSR count). The van der Waals surface area contributed by atoms with Gasteiger partial charge in [0.05, 0.1) is 19.0 Å². The number of anilines is 1. The third-order valence-electron chi connectivity index (χ3n) is 3.75. The Morgan fingerprint density at radius 2 is 1.80 bits per heavy atom. The quantitative estimate of drug-likeness (QED) is 0.739. The first kappa shape index (κ1) is 27.3. The molecule has 0 atom stereocenters. The summed E-state index contributed by atoms with van der Waals surface area (Å²) in [6.07, 6.45) is 3.82. The van der Waals surface area contributed by atoms with Crippen LogP contribution in [0.1, 0.15) is 57.2 Å². The van der Waals surface area contributed by atoms with Crippen LogP contribution in [0.3, 0.4) is 0 Å². The lowest BCUT2D eigenvalue weighted by atomic mass is 10.1. The van der Waals surface area contributed by atoms with E-state index in [1.807, 2.05) is 40.7 Å². The van der Waals surface area contributed by atoms with Crippen molar-refractivity contribution >= 4 is 23.5 Å². The summed E-state index contributed by atoms with van der Waals surface area (Å²) >= 11 is 0. The minimum absolute atomic E-state index is 0.172. The molecule has 2 N–H and O–H groups in total. The van der Waals surface area contributed by atoms with Crippen molar-refractivity contribution in [3.63, 3.8) is 0 Å². The zero-order valence-electron chi connectivity index (χ0n) is 19.8. The van der Waals surface area contributed by atoms with E-state index in [2.05, 4.69) is 15.7 Å². The van der Waals surface area contributed by atoms with Crippen LogP contribution in [0.5, 0.6) is 0 Å². The van der Waals surface area contributed by atoms with Crippen LogP contribution in [-0.4, -0.2) is 73.9 Å². The number of amides is 1. The van der Waals surface area contributed by atoms with Gasteiger partial charge in [-0.15, -0.1) is 0 Å². The van der Waals surface area contributed by atoms with E-state index in [1.54, 1.807) is 30.1 Å². The number of hydrogen-bond donors (Lipinski definition) is 1. The van der Waals surface area contributed by atoms with Gasteiger partial charge in [-0.05, 0) is 39.8 Å². The van der Waals surface area contributed by atoms with Gasteiger partial charge < -0.3 is 25.0 Å². The van der Waals surface area contributed by atoms with Gasteiger partial charge in [0.2, 0.25) is 0 Å². The highest BCUT2D eigenvalue weighted by atomic mass is 16.6. The first-order valence-corrected chi connectivity index (χ1v) is 10.00. The number of carbonyl (C=O) groups is 2. The highest BCUT2D eigenvalue weighted by Crippen LogP contribution is 2.24. The molecule has 1 aliphatic heterocycles. The molecule has 0 bridgehead atoms. The van der Waals surface area contributed by atoms with E-state index in [-0.39, 0.29) is 11.8 Å². The van der Waals surface area contributed by atoms with Gasteiger partial charge in [-0.25, -0.2) is 19.6 Å². The first-order valence-electron chi connectivity index (χ1n) is 10.00. The van der Waals surface area contributed by atoms with Crippen molar-refractivity contribution in [2.75, 3.05) is 46.2 Å². The van der Waals surface area contributed by atoms with Gasteiger partial charge >= 0.3 is 12.1 Å². The molecule has 0 saturated heterocycles. The Kier molecular flexibility index (Phi) is 11.6. The molecule has 2 heterocycles. The van der Waals surface area contributed by atoms with Crippen LogP contribution >= 0.6 is 0 Å². The van der Waals surface area contributed by atoms with Crippen LogP contribution in [0.4, 0.5) is 10.6 Å². The van der Waals surface area contributed by atoms with Crippen LogP contribution in [0.2, 0.25) is 0 Å².